The molecule has 1 aromatic carbocycles. The van der Waals surface area contributed by atoms with Crippen molar-refractivity contribution in [2.75, 3.05) is 25.5 Å². The van der Waals surface area contributed by atoms with E-state index in [0.29, 0.717) is 24.3 Å². The molecule has 126 valence electrons. The van der Waals surface area contributed by atoms with E-state index in [0.717, 1.165) is 30.3 Å². The molecule has 7 nitrogen and oxygen atoms in total. The Hall–Kier alpha value is -2.48. The van der Waals surface area contributed by atoms with Gasteiger partial charge in [-0.3, -0.25) is 4.79 Å². The second-order valence-electron chi connectivity index (χ2n) is 5.58. The second-order valence-corrected chi connectivity index (χ2v) is 6.13. The average Bonchev–Trinajstić information content (AvgIpc) is 3.16. The fourth-order valence-electron chi connectivity index (χ4n) is 2.74. The van der Waals surface area contributed by atoms with Crippen LogP contribution in [0.1, 0.15) is 33.7 Å². The van der Waals surface area contributed by atoms with Crippen LogP contribution >= 0.6 is 11.7 Å². The molecule has 0 aliphatic carbocycles. The van der Waals surface area contributed by atoms with Crippen molar-refractivity contribution in [2.24, 2.45) is 0 Å². The largest absolute Gasteiger partial charge is 0.465 e. The van der Waals surface area contributed by atoms with Crippen molar-refractivity contribution in [3.05, 3.63) is 41.7 Å². The van der Waals surface area contributed by atoms with Gasteiger partial charge in [0.15, 0.2) is 5.69 Å². The Morgan fingerprint density at radius 3 is 2.79 bits per heavy atom. The molecular formula is C16H18N4O3S. The molecule has 1 fully saturated rings. The van der Waals surface area contributed by atoms with Crippen molar-refractivity contribution < 1.29 is 14.3 Å². The molecule has 0 atom stereocenters. The molecule has 1 aromatic heterocycles. The predicted octanol–water partition coefficient (Wildman–Crippen LogP) is 2.04. The van der Waals surface area contributed by atoms with Gasteiger partial charge >= 0.3 is 5.97 Å². The number of esters is 1. The second kappa shape index (κ2) is 7.39. The third kappa shape index (κ3) is 3.70. The number of carbonyl (C=O) groups is 2. The Labute approximate surface area is 144 Å². The van der Waals surface area contributed by atoms with Crippen molar-refractivity contribution >= 4 is 29.3 Å². The minimum atomic E-state index is -0.351. The van der Waals surface area contributed by atoms with E-state index in [-0.39, 0.29) is 17.9 Å². The number of aromatic nitrogens is 2. The highest BCUT2D eigenvalue weighted by Gasteiger charge is 2.25. The molecule has 8 heteroatoms. The molecule has 3 rings (SSSR count). The van der Waals surface area contributed by atoms with Gasteiger partial charge < -0.3 is 15.0 Å². The lowest BCUT2D eigenvalue weighted by atomic mass is 10.0. The van der Waals surface area contributed by atoms with Crippen molar-refractivity contribution in [3.63, 3.8) is 0 Å². The lowest BCUT2D eigenvalue weighted by molar-refractivity contribution is 0.0600. The number of methoxy groups -OCH3 is 1. The van der Waals surface area contributed by atoms with Crippen LogP contribution in [0.2, 0.25) is 0 Å². The van der Waals surface area contributed by atoms with E-state index in [2.05, 4.69) is 14.1 Å². The van der Waals surface area contributed by atoms with Gasteiger partial charge in [0.05, 0.1) is 30.6 Å². The van der Waals surface area contributed by atoms with Gasteiger partial charge in [-0.25, -0.2) is 4.79 Å². The summed E-state index contributed by atoms with van der Waals surface area (Å²) in [5, 5.41) is 3.42. The normalized spacial score (nSPS) is 15.1. The minimum absolute atomic E-state index is 0.0603. The minimum Gasteiger partial charge on any atom is -0.465 e. The monoisotopic (exact) mass is 346 g/mol. The van der Waals surface area contributed by atoms with Gasteiger partial charge in [0.1, 0.15) is 0 Å². The lowest BCUT2D eigenvalue weighted by Crippen LogP contribution is -2.42. The summed E-state index contributed by atoms with van der Waals surface area (Å²) in [6, 6.07) is 7.51. The molecule has 2 heterocycles. The zero-order chi connectivity index (χ0) is 16.9. The summed E-state index contributed by atoms with van der Waals surface area (Å²) in [6.07, 6.45) is 3.19. The van der Waals surface area contributed by atoms with Crippen LogP contribution in [0.4, 0.5) is 5.69 Å². The summed E-state index contributed by atoms with van der Waals surface area (Å²) in [7, 11) is 1.37. The van der Waals surface area contributed by atoms with E-state index < -0.39 is 0 Å². The van der Waals surface area contributed by atoms with Crippen LogP contribution < -0.4 is 5.32 Å². The van der Waals surface area contributed by atoms with Crippen LogP contribution in [0.25, 0.3) is 0 Å². The Bertz CT molecular complexity index is 712. The maximum absolute atomic E-state index is 12.2. The zero-order valence-corrected chi connectivity index (χ0v) is 14.1. The summed E-state index contributed by atoms with van der Waals surface area (Å²) < 4.78 is 12.6. The third-order valence-corrected chi connectivity index (χ3v) is 4.50. The fourth-order valence-corrected chi connectivity index (χ4v) is 3.14. The number of anilines is 1. The summed E-state index contributed by atoms with van der Waals surface area (Å²) in [5.74, 6) is -0.411. The third-order valence-electron chi connectivity index (χ3n) is 4.02. The van der Waals surface area contributed by atoms with Gasteiger partial charge in [-0.2, -0.15) is 8.75 Å². The van der Waals surface area contributed by atoms with E-state index in [1.54, 1.807) is 17.0 Å². The van der Waals surface area contributed by atoms with Crippen molar-refractivity contribution in [1.29, 1.82) is 0 Å². The first-order chi connectivity index (χ1) is 11.7. The Morgan fingerprint density at radius 2 is 2.12 bits per heavy atom. The number of hydrogen-bond donors (Lipinski definition) is 1. The molecular weight excluding hydrogens is 328 g/mol. The van der Waals surface area contributed by atoms with Gasteiger partial charge in [0.25, 0.3) is 5.91 Å². The highest BCUT2D eigenvalue weighted by molar-refractivity contribution is 6.99. The fraction of sp³-hybridized carbons (Fsp3) is 0.375. The van der Waals surface area contributed by atoms with E-state index in [1.165, 1.54) is 13.3 Å². The van der Waals surface area contributed by atoms with Gasteiger partial charge in [-0.15, -0.1) is 0 Å². The SMILES string of the molecule is COC(=O)c1cccc(NC2CCN(C(=O)c3cnsn3)CC2)c1. The number of rotatable bonds is 4. The quantitative estimate of drug-likeness (QED) is 0.853. The van der Waals surface area contributed by atoms with Crippen LogP contribution in [0.5, 0.6) is 0 Å². The van der Waals surface area contributed by atoms with Gasteiger partial charge in [0.2, 0.25) is 0 Å². The first kappa shape index (κ1) is 16.4. The zero-order valence-electron chi connectivity index (χ0n) is 13.3. The Kier molecular flexibility index (Phi) is 5.05. The van der Waals surface area contributed by atoms with Gasteiger partial charge in [0, 0.05) is 24.8 Å². The lowest BCUT2D eigenvalue weighted by Gasteiger charge is -2.32. The molecule has 1 amide bonds. The number of nitrogens with zero attached hydrogens (tertiary/aromatic N) is 3. The molecule has 0 spiro atoms. The number of piperidine rings is 1. The van der Waals surface area contributed by atoms with E-state index >= 15 is 0 Å². The predicted molar refractivity (Wildman–Crippen MR) is 90.2 cm³/mol. The molecule has 24 heavy (non-hydrogen) atoms. The Morgan fingerprint density at radius 1 is 1.33 bits per heavy atom. The number of ether oxygens (including phenoxy) is 1. The van der Waals surface area contributed by atoms with Crippen LogP contribution in [-0.2, 0) is 4.74 Å². The Balaban J connectivity index is 1.56. The smallest absolute Gasteiger partial charge is 0.337 e. The highest BCUT2D eigenvalue weighted by Crippen LogP contribution is 2.19. The maximum atomic E-state index is 12.2. The van der Waals surface area contributed by atoms with Gasteiger partial charge in [-0.05, 0) is 31.0 Å². The number of benzene rings is 1. The first-order valence-electron chi connectivity index (χ1n) is 7.69. The molecule has 1 aliphatic heterocycles. The molecule has 0 radical (unpaired) electrons. The summed E-state index contributed by atoms with van der Waals surface area (Å²) in [6.45, 7) is 1.34. The highest BCUT2D eigenvalue weighted by atomic mass is 32.1. The van der Waals surface area contributed by atoms with E-state index in [1.807, 2.05) is 12.1 Å². The van der Waals surface area contributed by atoms with Crippen LogP contribution in [-0.4, -0.2) is 51.8 Å². The number of likely N-dealkylation sites (tertiary alicyclic amines) is 1. The van der Waals surface area contributed by atoms with Crippen molar-refractivity contribution in [1.82, 2.24) is 13.6 Å². The number of hydrogen-bond acceptors (Lipinski definition) is 7. The van der Waals surface area contributed by atoms with Crippen LogP contribution in [0.3, 0.4) is 0 Å². The summed E-state index contributed by atoms with van der Waals surface area (Å²) in [5.41, 5.74) is 1.81. The molecule has 1 aliphatic rings. The number of carbonyl (C=O) groups excluding carboxylic acids is 2. The van der Waals surface area contributed by atoms with Crippen LogP contribution in [0.15, 0.2) is 30.5 Å². The van der Waals surface area contributed by atoms with Crippen molar-refractivity contribution in [3.8, 4) is 0 Å². The summed E-state index contributed by atoms with van der Waals surface area (Å²) in [4.78, 5) is 25.6. The molecule has 1 N–H and O–H groups in total. The standard InChI is InChI=1S/C16H18N4O3S/c1-23-16(22)11-3-2-4-13(9-11)18-12-5-7-20(8-6-12)15(21)14-10-17-24-19-14/h2-4,9-10,12,18H,5-8H2,1H3. The molecule has 2 aromatic rings. The first-order valence-corrected chi connectivity index (χ1v) is 8.42. The maximum Gasteiger partial charge on any atom is 0.337 e. The average molecular weight is 346 g/mol. The van der Waals surface area contributed by atoms with E-state index in [4.69, 9.17) is 4.74 Å². The van der Waals surface area contributed by atoms with Gasteiger partial charge in [-0.1, -0.05) is 6.07 Å². The van der Waals surface area contributed by atoms with Crippen LogP contribution in [0, 0.1) is 0 Å². The molecule has 0 unspecified atom stereocenters. The molecule has 0 bridgehead atoms. The number of nitrogens with one attached hydrogen (secondary N) is 1. The summed E-state index contributed by atoms with van der Waals surface area (Å²) >= 11 is 1.04. The van der Waals surface area contributed by atoms with E-state index in [9.17, 15) is 9.59 Å². The van der Waals surface area contributed by atoms with Crippen molar-refractivity contribution in [2.45, 2.75) is 18.9 Å². The topological polar surface area (TPSA) is 84.4 Å². The molecule has 0 saturated carbocycles. The number of amides is 1. The molecule has 1 saturated heterocycles.